The molecule has 1 aromatic rings. The fourth-order valence-electron chi connectivity index (χ4n) is 2.46. The topological polar surface area (TPSA) is 64.8 Å². The Kier molecular flexibility index (Phi) is 4.84. The highest BCUT2D eigenvalue weighted by Gasteiger charge is 2.24. The van der Waals surface area contributed by atoms with Crippen molar-refractivity contribution in [2.24, 2.45) is 5.92 Å². The maximum absolute atomic E-state index is 12.6. The van der Waals surface area contributed by atoms with Gasteiger partial charge in [0, 0.05) is 31.3 Å². The number of nitrogen functional groups attached to an aromatic ring is 1. The van der Waals surface area contributed by atoms with Crippen LogP contribution in [0.1, 0.15) is 23.7 Å². The second-order valence-corrected chi connectivity index (χ2v) is 5.03. The van der Waals surface area contributed by atoms with E-state index >= 15 is 0 Å². The van der Waals surface area contributed by atoms with Gasteiger partial charge in [0.05, 0.1) is 19.3 Å². The predicted octanol–water partition coefficient (Wildman–Crippen LogP) is 1.78. The van der Waals surface area contributed by atoms with Gasteiger partial charge in [-0.05, 0) is 31.5 Å². The summed E-state index contributed by atoms with van der Waals surface area (Å²) in [6.45, 7) is 4.88. The molecule has 1 amide bonds. The lowest BCUT2D eigenvalue weighted by Gasteiger charge is -2.24. The maximum atomic E-state index is 12.6. The van der Waals surface area contributed by atoms with E-state index in [1.54, 1.807) is 25.3 Å². The van der Waals surface area contributed by atoms with Crippen LogP contribution in [-0.4, -0.2) is 44.2 Å². The van der Waals surface area contributed by atoms with Gasteiger partial charge in [0.25, 0.3) is 5.91 Å². The first-order chi connectivity index (χ1) is 9.65. The molecule has 1 aliphatic rings. The fraction of sp³-hybridized carbons (Fsp3) is 0.533. The quantitative estimate of drug-likeness (QED) is 0.834. The van der Waals surface area contributed by atoms with E-state index in [4.69, 9.17) is 15.2 Å². The molecule has 2 rings (SSSR count). The first-order valence-corrected chi connectivity index (χ1v) is 6.96. The minimum atomic E-state index is -0.0384. The molecule has 20 heavy (non-hydrogen) atoms. The van der Waals surface area contributed by atoms with Gasteiger partial charge in [-0.2, -0.15) is 0 Å². The molecule has 2 N–H and O–H groups in total. The van der Waals surface area contributed by atoms with Crippen LogP contribution < -0.4 is 10.5 Å². The molecule has 1 aromatic carbocycles. The second-order valence-electron chi connectivity index (χ2n) is 5.03. The first-order valence-electron chi connectivity index (χ1n) is 6.96. The Morgan fingerprint density at radius 3 is 2.95 bits per heavy atom. The number of nitrogens with zero attached hydrogens (tertiary/aromatic N) is 1. The molecule has 0 saturated carbocycles. The summed E-state index contributed by atoms with van der Waals surface area (Å²) in [6, 6.07) is 5.14. The van der Waals surface area contributed by atoms with E-state index in [0.717, 1.165) is 19.6 Å². The zero-order valence-corrected chi connectivity index (χ0v) is 12.1. The monoisotopic (exact) mass is 278 g/mol. The van der Waals surface area contributed by atoms with Crippen molar-refractivity contribution in [1.82, 2.24) is 4.90 Å². The zero-order chi connectivity index (χ0) is 14.5. The number of carbonyl (C=O) groups is 1. The average molecular weight is 278 g/mol. The average Bonchev–Trinajstić information content (AvgIpc) is 2.97. The molecule has 1 heterocycles. The largest absolute Gasteiger partial charge is 0.496 e. The van der Waals surface area contributed by atoms with Crippen LogP contribution in [0.15, 0.2) is 18.2 Å². The Hall–Kier alpha value is -1.75. The minimum absolute atomic E-state index is 0.0384. The van der Waals surface area contributed by atoms with E-state index in [2.05, 4.69) is 0 Å². The van der Waals surface area contributed by atoms with Crippen molar-refractivity contribution in [3.8, 4) is 5.75 Å². The highest BCUT2D eigenvalue weighted by Crippen LogP contribution is 2.24. The molecule has 0 aromatic heterocycles. The predicted molar refractivity (Wildman–Crippen MR) is 77.9 cm³/mol. The van der Waals surface area contributed by atoms with Gasteiger partial charge in [-0.25, -0.2) is 0 Å². The van der Waals surface area contributed by atoms with Gasteiger partial charge in [-0.1, -0.05) is 0 Å². The molecular formula is C15H22N2O3. The standard InChI is InChI=1S/C15H22N2O3/c1-3-17(9-11-6-7-20-10-11)15(18)13-8-12(16)4-5-14(13)19-2/h4-5,8,11H,3,6-7,9-10,16H2,1-2H3. The van der Waals surface area contributed by atoms with Crippen LogP contribution in [0, 0.1) is 5.92 Å². The summed E-state index contributed by atoms with van der Waals surface area (Å²) in [7, 11) is 1.56. The Labute approximate surface area is 119 Å². The molecule has 110 valence electrons. The highest BCUT2D eigenvalue weighted by molar-refractivity contribution is 5.97. The maximum Gasteiger partial charge on any atom is 0.257 e. The number of ether oxygens (including phenoxy) is 2. The highest BCUT2D eigenvalue weighted by atomic mass is 16.5. The fourth-order valence-corrected chi connectivity index (χ4v) is 2.46. The van der Waals surface area contributed by atoms with Gasteiger partial charge in [-0.15, -0.1) is 0 Å². The Bertz CT molecular complexity index is 470. The van der Waals surface area contributed by atoms with Gasteiger partial charge in [0.15, 0.2) is 0 Å². The minimum Gasteiger partial charge on any atom is -0.496 e. The van der Waals surface area contributed by atoms with Crippen LogP contribution >= 0.6 is 0 Å². The molecule has 1 aliphatic heterocycles. The molecular weight excluding hydrogens is 256 g/mol. The number of benzene rings is 1. The molecule has 1 atom stereocenters. The molecule has 1 saturated heterocycles. The van der Waals surface area contributed by atoms with Gasteiger partial charge in [-0.3, -0.25) is 4.79 Å². The first kappa shape index (κ1) is 14.7. The van der Waals surface area contributed by atoms with Gasteiger partial charge >= 0.3 is 0 Å². The molecule has 0 bridgehead atoms. The Balaban J connectivity index is 2.16. The normalized spacial score (nSPS) is 18.0. The number of amides is 1. The summed E-state index contributed by atoms with van der Waals surface area (Å²) in [6.07, 6.45) is 1.01. The number of hydrogen-bond acceptors (Lipinski definition) is 4. The van der Waals surface area contributed by atoms with Gasteiger partial charge in [0.2, 0.25) is 0 Å². The Morgan fingerprint density at radius 1 is 1.55 bits per heavy atom. The number of nitrogens with two attached hydrogens (primary N) is 1. The van der Waals surface area contributed by atoms with Crippen LogP contribution in [0.2, 0.25) is 0 Å². The number of rotatable bonds is 5. The van der Waals surface area contributed by atoms with Crippen molar-refractivity contribution in [2.45, 2.75) is 13.3 Å². The zero-order valence-electron chi connectivity index (χ0n) is 12.1. The van der Waals surface area contributed by atoms with E-state index in [1.165, 1.54) is 0 Å². The lowest BCUT2D eigenvalue weighted by Crippen LogP contribution is -2.35. The van der Waals surface area contributed by atoms with Crippen molar-refractivity contribution < 1.29 is 14.3 Å². The van der Waals surface area contributed by atoms with E-state index in [9.17, 15) is 4.79 Å². The van der Waals surface area contributed by atoms with Crippen molar-refractivity contribution in [3.05, 3.63) is 23.8 Å². The Morgan fingerprint density at radius 2 is 2.35 bits per heavy atom. The third kappa shape index (κ3) is 3.22. The molecule has 0 radical (unpaired) electrons. The van der Waals surface area contributed by atoms with Crippen molar-refractivity contribution in [3.63, 3.8) is 0 Å². The summed E-state index contributed by atoms with van der Waals surface area (Å²) in [4.78, 5) is 14.5. The third-order valence-electron chi connectivity index (χ3n) is 3.63. The summed E-state index contributed by atoms with van der Waals surface area (Å²) >= 11 is 0. The van der Waals surface area contributed by atoms with Crippen LogP contribution in [-0.2, 0) is 4.74 Å². The van der Waals surface area contributed by atoms with E-state index < -0.39 is 0 Å². The molecule has 5 heteroatoms. The summed E-state index contributed by atoms with van der Waals surface area (Å²) in [5.41, 5.74) is 6.86. The number of hydrogen-bond donors (Lipinski definition) is 1. The number of methoxy groups -OCH3 is 1. The van der Waals surface area contributed by atoms with Crippen LogP contribution in [0.25, 0.3) is 0 Å². The van der Waals surface area contributed by atoms with Gasteiger partial charge in [0.1, 0.15) is 5.75 Å². The smallest absolute Gasteiger partial charge is 0.257 e. The summed E-state index contributed by atoms with van der Waals surface area (Å²) in [5, 5.41) is 0. The SMILES string of the molecule is CCN(CC1CCOC1)C(=O)c1cc(N)ccc1OC. The number of carbonyl (C=O) groups excluding carboxylic acids is 1. The summed E-state index contributed by atoms with van der Waals surface area (Å²) < 4.78 is 10.6. The molecule has 0 aliphatic carbocycles. The number of anilines is 1. The molecule has 5 nitrogen and oxygen atoms in total. The van der Waals surface area contributed by atoms with Crippen molar-refractivity contribution >= 4 is 11.6 Å². The lowest BCUT2D eigenvalue weighted by molar-refractivity contribution is 0.0727. The third-order valence-corrected chi connectivity index (χ3v) is 3.63. The van der Waals surface area contributed by atoms with Crippen molar-refractivity contribution in [1.29, 1.82) is 0 Å². The molecule has 1 fully saturated rings. The molecule has 0 spiro atoms. The van der Waals surface area contributed by atoms with Crippen LogP contribution in [0.3, 0.4) is 0 Å². The van der Waals surface area contributed by atoms with Gasteiger partial charge < -0.3 is 20.1 Å². The summed E-state index contributed by atoms with van der Waals surface area (Å²) in [5.74, 6) is 0.944. The van der Waals surface area contributed by atoms with E-state index in [-0.39, 0.29) is 5.91 Å². The lowest BCUT2D eigenvalue weighted by atomic mass is 10.1. The van der Waals surface area contributed by atoms with Crippen LogP contribution in [0.5, 0.6) is 5.75 Å². The van der Waals surface area contributed by atoms with E-state index in [1.807, 2.05) is 11.8 Å². The van der Waals surface area contributed by atoms with Crippen LogP contribution in [0.4, 0.5) is 5.69 Å². The van der Waals surface area contributed by atoms with E-state index in [0.29, 0.717) is 36.0 Å². The van der Waals surface area contributed by atoms with Crippen molar-refractivity contribution in [2.75, 3.05) is 39.1 Å². The second kappa shape index (κ2) is 6.61. The molecule has 1 unspecified atom stereocenters.